The Morgan fingerprint density at radius 3 is 2.52 bits per heavy atom. The normalized spacial score (nSPS) is 23.5. The monoisotopic (exact) mass is 361 g/mol. The predicted molar refractivity (Wildman–Crippen MR) is 91.1 cm³/mol. The second-order valence-corrected chi connectivity index (χ2v) is 8.39. The average molecular weight is 361 g/mol. The zero-order valence-corrected chi connectivity index (χ0v) is 14.7. The van der Waals surface area contributed by atoms with Crippen molar-refractivity contribution < 1.29 is 18.0 Å². The van der Waals surface area contributed by atoms with E-state index in [9.17, 15) is 18.0 Å². The van der Waals surface area contributed by atoms with Gasteiger partial charge in [-0.2, -0.15) is 5.26 Å². The second kappa shape index (κ2) is 6.48. The zero-order chi connectivity index (χ0) is 18.2. The van der Waals surface area contributed by atoms with Crippen LogP contribution in [0.25, 0.3) is 0 Å². The van der Waals surface area contributed by atoms with E-state index in [-0.39, 0.29) is 23.3 Å². The molecule has 2 aliphatic rings. The predicted octanol–water partition coefficient (Wildman–Crippen LogP) is 1.37. The summed E-state index contributed by atoms with van der Waals surface area (Å²) in [6, 6.07) is 8.38. The summed E-state index contributed by atoms with van der Waals surface area (Å²) in [5.74, 6) is -1.51. The molecule has 2 amide bonds. The molecule has 0 spiro atoms. The van der Waals surface area contributed by atoms with Crippen molar-refractivity contribution in [3.05, 3.63) is 29.8 Å². The molecule has 2 saturated heterocycles. The molecule has 7 nitrogen and oxygen atoms in total. The molecule has 2 fully saturated rings. The van der Waals surface area contributed by atoms with Gasteiger partial charge in [0.25, 0.3) is 5.91 Å². The summed E-state index contributed by atoms with van der Waals surface area (Å²) in [5, 5.41) is 8.94. The lowest BCUT2D eigenvalue weighted by Crippen LogP contribution is -2.38. The minimum atomic E-state index is -3.69. The number of nitrogens with zero attached hydrogens (tertiary/aromatic N) is 3. The maximum Gasteiger partial charge on any atom is 0.253 e. The van der Waals surface area contributed by atoms with Crippen LogP contribution in [0.15, 0.2) is 24.3 Å². The molecular formula is C17H19N3O4S. The molecule has 0 aromatic heterocycles. The van der Waals surface area contributed by atoms with Crippen LogP contribution in [0.2, 0.25) is 0 Å². The van der Waals surface area contributed by atoms with E-state index in [1.807, 2.05) is 0 Å². The summed E-state index contributed by atoms with van der Waals surface area (Å²) < 4.78 is 25.2. The maximum atomic E-state index is 12.7. The van der Waals surface area contributed by atoms with Crippen molar-refractivity contribution in [3.8, 4) is 6.07 Å². The molecule has 8 heteroatoms. The number of nitriles is 1. The Balaban J connectivity index is 1.84. The first-order chi connectivity index (χ1) is 11.8. The number of likely N-dealkylation sites (tertiary alicyclic amines) is 1. The molecule has 2 aliphatic heterocycles. The van der Waals surface area contributed by atoms with Gasteiger partial charge in [0.1, 0.15) is 0 Å². The average Bonchev–Trinajstić information content (AvgIpc) is 2.81. The fourth-order valence-corrected chi connectivity index (χ4v) is 5.06. The molecule has 0 saturated carbocycles. The molecule has 132 valence electrons. The van der Waals surface area contributed by atoms with Gasteiger partial charge < -0.3 is 4.90 Å². The third kappa shape index (κ3) is 3.24. The molecule has 0 aliphatic carbocycles. The minimum absolute atomic E-state index is 0.0239. The van der Waals surface area contributed by atoms with E-state index in [1.165, 1.54) is 12.1 Å². The lowest BCUT2D eigenvalue weighted by molar-refractivity contribution is -0.119. The minimum Gasteiger partial charge on any atom is -0.339 e. The largest absolute Gasteiger partial charge is 0.339 e. The van der Waals surface area contributed by atoms with E-state index in [1.54, 1.807) is 24.0 Å². The van der Waals surface area contributed by atoms with Gasteiger partial charge in [-0.05, 0) is 31.0 Å². The highest BCUT2D eigenvalue weighted by molar-refractivity contribution is 7.94. The summed E-state index contributed by atoms with van der Waals surface area (Å²) in [6.45, 7) is 2.58. The number of rotatable bonds is 2. The van der Waals surface area contributed by atoms with Crippen LogP contribution in [0, 0.1) is 23.2 Å². The fraction of sp³-hybridized carbons (Fsp3) is 0.471. The van der Waals surface area contributed by atoms with Crippen molar-refractivity contribution in [2.45, 2.75) is 19.8 Å². The van der Waals surface area contributed by atoms with Gasteiger partial charge in [0.15, 0.2) is 0 Å². The number of sulfonamides is 1. The number of carbonyl (C=O) groups excluding carboxylic acids is 2. The van der Waals surface area contributed by atoms with Gasteiger partial charge in [-0.25, -0.2) is 12.7 Å². The molecule has 3 rings (SSSR count). The number of hydrogen-bond acceptors (Lipinski definition) is 5. The Labute approximate surface area is 146 Å². The van der Waals surface area contributed by atoms with Crippen molar-refractivity contribution in [2.24, 2.45) is 11.8 Å². The van der Waals surface area contributed by atoms with Gasteiger partial charge >= 0.3 is 0 Å². The van der Waals surface area contributed by atoms with Crippen molar-refractivity contribution in [3.63, 3.8) is 0 Å². The molecule has 0 N–H and O–H groups in total. The van der Waals surface area contributed by atoms with E-state index in [4.69, 9.17) is 5.26 Å². The first-order valence-electron chi connectivity index (χ1n) is 8.19. The summed E-state index contributed by atoms with van der Waals surface area (Å²) in [5.41, 5.74) is 0.544. The SMILES string of the molecule is CC1CS(=O)(=O)N(c2cccc(C(=O)N3CCC(C#N)CC3)c2)C1=O. The lowest BCUT2D eigenvalue weighted by atomic mass is 9.98. The molecule has 1 aromatic rings. The van der Waals surface area contributed by atoms with Crippen LogP contribution in [-0.4, -0.2) is 44.0 Å². The van der Waals surface area contributed by atoms with Crippen LogP contribution in [0.4, 0.5) is 5.69 Å². The maximum absolute atomic E-state index is 12.7. The Morgan fingerprint density at radius 2 is 1.96 bits per heavy atom. The number of amides is 2. The third-order valence-corrected chi connectivity index (χ3v) is 6.52. The van der Waals surface area contributed by atoms with Crippen LogP contribution in [0.3, 0.4) is 0 Å². The Hall–Kier alpha value is -2.40. The highest BCUT2D eigenvalue weighted by atomic mass is 32.2. The fourth-order valence-electron chi connectivity index (χ4n) is 3.25. The van der Waals surface area contributed by atoms with Gasteiger partial charge in [-0.15, -0.1) is 0 Å². The number of piperidine rings is 1. The molecule has 2 heterocycles. The van der Waals surface area contributed by atoms with Gasteiger partial charge in [-0.1, -0.05) is 13.0 Å². The summed E-state index contributed by atoms with van der Waals surface area (Å²) in [4.78, 5) is 26.5. The first kappa shape index (κ1) is 17.4. The summed E-state index contributed by atoms with van der Waals surface area (Å²) in [6.07, 6.45) is 1.27. The summed E-state index contributed by atoms with van der Waals surface area (Å²) >= 11 is 0. The Bertz CT molecular complexity index is 851. The Kier molecular flexibility index (Phi) is 4.52. The second-order valence-electron chi connectivity index (χ2n) is 6.53. The highest BCUT2D eigenvalue weighted by Gasteiger charge is 2.42. The van der Waals surface area contributed by atoms with Gasteiger partial charge in [0, 0.05) is 24.6 Å². The van der Waals surface area contributed by atoms with Gasteiger partial charge in [0.2, 0.25) is 15.9 Å². The number of anilines is 1. The van der Waals surface area contributed by atoms with Crippen LogP contribution in [0.5, 0.6) is 0 Å². The molecule has 1 unspecified atom stereocenters. The van der Waals surface area contributed by atoms with Gasteiger partial charge in [-0.3, -0.25) is 9.59 Å². The van der Waals surface area contributed by atoms with Crippen molar-refractivity contribution >= 4 is 27.5 Å². The third-order valence-electron chi connectivity index (χ3n) is 4.65. The Morgan fingerprint density at radius 1 is 1.28 bits per heavy atom. The van der Waals surface area contributed by atoms with Crippen molar-refractivity contribution in [1.82, 2.24) is 4.90 Å². The molecule has 0 bridgehead atoms. The number of benzene rings is 1. The summed E-state index contributed by atoms with van der Waals surface area (Å²) in [7, 11) is -3.69. The standard InChI is InChI=1S/C17H19N3O4S/c1-12-11-25(23,24)20(16(12)21)15-4-2-3-14(9-15)17(22)19-7-5-13(10-18)6-8-19/h2-4,9,12-13H,5-8,11H2,1H3. The van der Waals surface area contributed by atoms with E-state index >= 15 is 0 Å². The van der Waals surface area contributed by atoms with E-state index in [0.717, 1.165) is 4.31 Å². The smallest absolute Gasteiger partial charge is 0.253 e. The molecule has 1 aromatic carbocycles. The van der Waals surface area contributed by atoms with E-state index in [2.05, 4.69) is 6.07 Å². The van der Waals surface area contributed by atoms with Crippen molar-refractivity contribution in [2.75, 3.05) is 23.1 Å². The van der Waals surface area contributed by atoms with Crippen LogP contribution >= 0.6 is 0 Å². The number of carbonyl (C=O) groups is 2. The lowest BCUT2D eigenvalue weighted by Gasteiger charge is -2.29. The molecule has 1 atom stereocenters. The van der Waals surface area contributed by atoms with Crippen LogP contribution < -0.4 is 4.31 Å². The van der Waals surface area contributed by atoms with Crippen LogP contribution in [0.1, 0.15) is 30.1 Å². The first-order valence-corrected chi connectivity index (χ1v) is 9.80. The zero-order valence-electron chi connectivity index (χ0n) is 13.9. The molecule has 25 heavy (non-hydrogen) atoms. The highest BCUT2D eigenvalue weighted by Crippen LogP contribution is 2.29. The topological polar surface area (TPSA) is 98.6 Å². The number of hydrogen-bond donors (Lipinski definition) is 0. The van der Waals surface area contributed by atoms with Crippen molar-refractivity contribution in [1.29, 1.82) is 5.26 Å². The quantitative estimate of drug-likeness (QED) is 0.792. The molecule has 0 radical (unpaired) electrons. The van der Waals surface area contributed by atoms with Gasteiger partial charge in [0.05, 0.1) is 23.4 Å². The van der Waals surface area contributed by atoms with E-state index in [0.29, 0.717) is 31.5 Å². The molecular weight excluding hydrogens is 342 g/mol. The van der Waals surface area contributed by atoms with Crippen LogP contribution in [-0.2, 0) is 14.8 Å². The van der Waals surface area contributed by atoms with E-state index < -0.39 is 21.8 Å².